The minimum absolute atomic E-state index is 0.152. The number of tetrazole rings is 1. The maximum Gasteiger partial charge on any atom is 0.412 e. The van der Waals surface area contributed by atoms with E-state index in [0.717, 1.165) is 4.80 Å². The second-order valence-corrected chi connectivity index (χ2v) is 7.45. The summed E-state index contributed by atoms with van der Waals surface area (Å²) in [5.74, 6) is -0.269. The van der Waals surface area contributed by atoms with Gasteiger partial charge in [0.2, 0.25) is 5.82 Å². The van der Waals surface area contributed by atoms with Crippen molar-refractivity contribution in [3.05, 3.63) is 65.7 Å². The molecule has 2 aromatic carbocycles. The number of hydrogen-bond acceptors (Lipinski definition) is 9. The molecule has 4 rings (SSSR count). The SMILES string of the molecule is COC(=O)Cn1nnc(-c2ccc(-c3noc(C)c3NC(=O)O[C@H](C)c3ccccc3F)cc2)n1. The first-order valence-electron chi connectivity index (χ1n) is 10.5. The molecule has 1 atom stereocenters. The minimum Gasteiger partial charge on any atom is -0.468 e. The van der Waals surface area contributed by atoms with E-state index in [0.29, 0.717) is 34.1 Å². The lowest BCUT2D eigenvalue weighted by molar-refractivity contribution is -0.141. The first kappa shape index (κ1) is 23.5. The summed E-state index contributed by atoms with van der Waals surface area (Å²) in [6, 6.07) is 13.0. The average molecular weight is 480 g/mol. The van der Waals surface area contributed by atoms with E-state index in [1.165, 1.54) is 13.2 Å². The maximum absolute atomic E-state index is 14.0. The minimum atomic E-state index is -0.806. The molecule has 1 N–H and O–H groups in total. The summed E-state index contributed by atoms with van der Waals surface area (Å²) in [5.41, 5.74) is 2.26. The van der Waals surface area contributed by atoms with Crippen LogP contribution < -0.4 is 5.32 Å². The van der Waals surface area contributed by atoms with Crippen molar-refractivity contribution in [3.63, 3.8) is 0 Å². The second-order valence-electron chi connectivity index (χ2n) is 7.45. The van der Waals surface area contributed by atoms with Gasteiger partial charge in [-0.2, -0.15) is 4.80 Å². The number of carbonyl (C=O) groups excluding carboxylic acids is 2. The molecule has 0 saturated carbocycles. The number of nitrogens with one attached hydrogen (secondary N) is 1. The van der Waals surface area contributed by atoms with Gasteiger partial charge >= 0.3 is 12.1 Å². The van der Waals surface area contributed by atoms with Crippen molar-refractivity contribution in [3.8, 4) is 22.6 Å². The standard InChI is InChI=1S/C23H21FN6O5/c1-13(17-6-4-5-7-18(17)24)34-23(32)25-20-14(2)35-28-21(20)15-8-10-16(11-9-15)22-26-29-30(27-22)12-19(31)33-3/h4-11,13H,12H2,1-3H3,(H,25,32)/t13-/m1/s1. The Balaban J connectivity index is 1.48. The van der Waals surface area contributed by atoms with Gasteiger partial charge in [0.05, 0.1) is 7.11 Å². The number of nitrogens with zero attached hydrogens (tertiary/aromatic N) is 5. The molecule has 1 amide bonds. The van der Waals surface area contributed by atoms with Crippen LogP contribution in [0.25, 0.3) is 22.6 Å². The number of carbonyl (C=O) groups is 2. The number of amides is 1. The van der Waals surface area contributed by atoms with Crippen molar-refractivity contribution < 1.29 is 28.0 Å². The van der Waals surface area contributed by atoms with Gasteiger partial charge in [0, 0.05) is 16.7 Å². The number of aromatic nitrogens is 5. The molecular formula is C23H21FN6O5. The quantitative estimate of drug-likeness (QED) is 0.390. The van der Waals surface area contributed by atoms with Crippen LogP contribution in [0.15, 0.2) is 53.1 Å². The van der Waals surface area contributed by atoms with Crippen LogP contribution >= 0.6 is 0 Å². The summed E-state index contributed by atoms with van der Waals surface area (Å²) in [4.78, 5) is 25.0. The van der Waals surface area contributed by atoms with Gasteiger partial charge in [-0.1, -0.05) is 47.6 Å². The molecule has 35 heavy (non-hydrogen) atoms. The van der Waals surface area contributed by atoms with Crippen LogP contribution in [0.1, 0.15) is 24.4 Å². The van der Waals surface area contributed by atoms with Crippen LogP contribution in [0.5, 0.6) is 0 Å². The number of ether oxygens (including phenoxy) is 2. The number of halogens is 1. The molecule has 2 heterocycles. The summed E-state index contributed by atoms with van der Waals surface area (Å²) >= 11 is 0. The predicted octanol–water partition coefficient (Wildman–Crippen LogP) is 3.93. The van der Waals surface area contributed by atoms with E-state index < -0.39 is 24.0 Å². The van der Waals surface area contributed by atoms with E-state index in [1.807, 2.05) is 0 Å². The average Bonchev–Trinajstić information content (AvgIpc) is 3.46. The summed E-state index contributed by atoms with van der Waals surface area (Å²) in [5, 5.41) is 18.6. The van der Waals surface area contributed by atoms with Crippen LogP contribution in [-0.4, -0.2) is 44.5 Å². The van der Waals surface area contributed by atoms with Crippen LogP contribution in [-0.2, 0) is 20.8 Å². The second kappa shape index (κ2) is 10.1. The molecule has 180 valence electrons. The van der Waals surface area contributed by atoms with Gasteiger partial charge in [-0.3, -0.25) is 5.32 Å². The Morgan fingerprint density at radius 3 is 2.57 bits per heavy atom. The van der Waals surface area contributed by atoms with E-state index in [-0.39, 0.29) is 12.1 Å². The van der Waals surface area contributed by atoms with Gasteiger partial charge in [-0.25, -0.2) is 14.0 Å². The van der Waals surface area contributed by atoms with E-state index in [1.54, 1.807) is 56.3 Å². The molecule has 0 bridgehead atoms. The molecule has 0 radical (unpaired) electrons. The normalized spacial score (nSPS) is 11.7. The molecule has 2 aromatic heterocycles. The number of methoxy groups -OCH3 is 1. The molecule has 0 saturated heterocycles. The molecule has 0 aliphatic rings. The van der Waals surface area contributed by atoms with Crippen molar-refractivity contribution in [2.75, 3.05) is 12.4 Å². The number of rotatable bonds is 7. The number of anilines is 1. The molecule has 0 unspecified atom stereocenters. The maximum atomic E-state index is 14.0. The van der Waals surface area contributed by atoms with E-state index in [4.69, 9.17) is 9.26 Å². The summed E-state index contributed by atoms with van der Waals surface area (Å²) in [6.07, 6.45) is -1.59. The van der Waals surface area contributed by atoms with E-state index in [9.17, 15) is 14.0 Å². The van der Waals surface area contributed by atoms with Crippen molar-refractivity contribution in [1.29, 1.82) is 0 Å². The summed E-state index contributed by atoms with van der Waals surface area (Å²) < 4.78 is 29.2. The van der Waals surface area contributed by atoms with E-state index >= 15 is 0 Å². The number of aryl methyl sites for hydroxylation is 1. The lowest BCUT2D eigenvalue weighted by Crippen LogP contribution is -2.17. The fourth-order valence-electron chi connectivity index (χ4n) is 3.26. The number of esters is 1. The van der Waals surface area contributed by atoms with Gasteiger partial charge in [0.1, 0.15) is 23.3 Å². The Kier molecular flexibility index (Phi) is 6.81. The van der Waals surface area contributed by atoms with Crippen LogP contribution in [0.4, 0.5) is 14.9 Å². The third kappa shape index (κ3) is 5.32. The summed E-state index contributed by atoms with van der Waals surface area (Å²) in [7, 11) is 1.27. The first-order valence-corrected chi connectivity index (χ1v) is 10.5. The summed E-state index contributed by atoms with van der Waals surface area (Å²) in [6.45, 7) is 3.07. The molecule has 11 nitrogen and oxygen atoms in total. The first-order chi connectivity index (χ1) is 16.9. The van der Waals surface area contributed by atoms with Gasteiger partial charge in [-0.15, -0.1) is 10.2 Å². The Morgan fingerprint density at radius 1 is 1.14 bits per heavy atom. The largest absolute Gasteiger partial charge is 0.468 e. The monoisotopic (exact) mass is 480 g/mol. The zero-order valence-electron chi connectivity index (χ0n) is 19.1. The molecule has 4 aromatic rings. The molecule has 12 heteroatoms. The van der Waals surface area contributed by atoms with E-state index in [2.05, 4.69) is 30.6 Å². The number of benzene rings is 2. The highest BCUT2D eigenvalue weighted by molar-refractivity contribution is 5.91. The van der Waals surface area contributed by atoms with Crippen LogP contribution in [0.2, 0.25) is 0 Å². The highest BCUT2D eigenvalue weighted by Crippen LogP contribution is 2.32. The Bertz CT molecular complexity index is 1350. The highest BCUT2D eigenvalue weighted by atomic mass is 19.1. The number of hydrogen-bond donors (Lipinski definition) is 1. The zero-order valence-corrected chi connectivity index (χ0v) is 19.1. The van der Waals surface area contributed by atoms with Crippen molar-refractivity contribution >= 4 is 17.7 Å². The third-order valence-electron chi connectivity index (χ3n) is 5.08. The van der Waals surface area contributed by atoms with Crippen molar-refractivity contribution in [1.82, 2.24) is 25.4 Å². The molecule has 0 fully saturated rings. The molecule has 0 aliphatic carbocycles. The third-order valence-corrected chi connectivity index (χ3v) is 5.08. The zero-order chi connectivity index (χ0) is 24.9. The van der Waals surface area contributed by atoms with Crippen molar-refractivity contribution in [2.45, 2.75) is 26.5 Å². The fourth-order valence-corrected chi connectivity index (χ4v) is 3.26. The van der Waals surface area contributed by atoms with Gasteiger partial charge < -0.3 is 14.0 Å². The van der Waals surface area contributed by atoms with Gasteiger partial charge in [-0.05, 0) is 25.1 Å². The lowest BCUT2D eigenvalue weighted by Gasteiger charge is -2.15. The molecule has 0 spiro atoms. The van der Waals surface area contributed by atoms with Crippen LogP contribution in [0, 0.1) is 12.7 Å². The topological polar surface area (TPSA) is 134 Å². The predicted molar refractivity (Wildman–Crippen MR) is 120 cm³/mol. The van der Waals surface area contributed by atoms with Gasteiger partial charge in [0.25, 0.3) is 0 Å². The lowest BCUT2D eigenvalue weighted by atomic mass is 10.1. The van der Waals surface area contributed by atoms with Crippen molar-refractivity contribution in [2.24, 2.45) is 0 Å². The Hall–Kier alpha value is -4.61. The Labute approximate surface area is 198 Å². The Morgan fingerprint density at radius 2 is 1.86 bits per heavy atom. The smallest absolute Gasteiger partial charge is 0.412 e. The molecular weight excluding hydrogens is 459 g/mol. The highest BCUT2D eigenvalue weighted by Gasteiger charge is 2.21. The fraction of sp³-hybridized carbons (Fsp3) is 0.217. The van der Waals surface area contributed by atoms with Gasteiger partial charge in [0.15, 0.2) is 12.3 Å². The molecule has 0 aliphatic heterocycles. The van der Waals surface area contributed by atoms with Crippen LogP contribution in [0.3, 0.4) is 0 Å².